The van der Waals surface area contributed by atoms with Gasteiger partial charge in [0, 0.05) is 6.92 Å². The maximum absolute atomic E-state index is 11.8. The Labute approximate surface area is 115 Å². The maximum Gasteiger partial charge on any atom is 0.378 e. The van der Waals surface area contributed by atoms with Gasteiger partial charge in [0.05, 0.1) is 11.4 Å². The maximum atomic E-state index is 11.8. The van der Waals surface area contributed by atoms with Crippen LogP contribution in [0.4, 0.5) is 5.69 Å². The fourth-order valence-corrected chi connectivity index (χ4v) is 1.76. The molecule has 1 aromatic carbocycles. The number of rotatable bonds is 2. The number of aryl methyl sites for hydroxylation is 1. The summed E-state index contributed by atoms with van der Waals surface area (Å²) in [7, 11) is 0. The molecule has 7 nitrogen and oxygen atoms in total. The average molecular weight is 274 g/mol. The summed E-state index contributed by atoms with van der Waals surface area (Å²) in [4.78, 5) is 27.4. The van der Waals surface area contributed by atoms with Crippen LogP contribution in [0.2, 0.25) is 0 Å². The molecule has 0 aromatic heterocycles. The first-order valence-electron chi connectivity index (χ1n) is 5.96. The third-order valence-corrected chi connectivity index (χ3v) is 2.69. The summed E-state index contributed by atoms with van der Waals surface area (Å²) in [5, 5.41) is 8.63. The number of carbonyl (C=O) groups excluding carboxylic acids is 2. The second-order valence-corrected chi connectivity index (χ2v) is 4.26. The molecular weight excluding hydrogens is 260 g/mol. The smallest absolute Gasteiger partial charge is 0.345 e. The van der Waals surface area contributed by atoms with Crippen molar-refractivity contribution in [1.82, 2.24) is 5.59 Å². The van der Waals surface area contributed by atoms with Gasteiger partial charge in [0.2, 0.25) is 0 Å². The van der Waals surface area contributed by atoms with Gasteiger partial charge in [-0.25, -0.2) is 9.80 Å². The number of hydrogen-bond donors (Lipinski definition) is 1. The van der Waals surface area contributed by atoms with E-state index in [9.17, 15) is 9.59 Å². The Kier molecular flexibility index (Phi) is 3.90. The molecule has 2 rings (SSSR count). The zero-order valence-corrected chi connectivity index (χ0v) is 11.4. The van der Waals surface area contributed by atoms with E-state index < -0.39 is 11.9 Å². The highest BCUT2D eigenvalue weighted by Crippen LogP contribution is 2.27. The molecule has 104 valence electrons. The van der Waals surface area contributed by atoms with E-state index in [2.05, 4.69) is 15.8 Å². The second-order valence-electron chi connectivity index (χ2n) is 4.26. The molecule has 0 atom stereocenters. The Morgan fingerprint density at radius 1 is 1.25 bits per heavy atom. The van der Waals surface area contributed by atoms with Crippen molar-refractivity contribution in [3.8, 4) is 0 Å². The van der Waals surface area contributed by atoms with Crippen LogP contribution < -0.4 is 10.6 Å². The van der Waals surface area contributed by atoms with E-state index in [1.54, 1.807) is 6.92 Å². The summed E-state index contributed by atoms with van der Waals surface area (Å²) in [6.45, 7) is 4.77. The Morgan fingerprint density at radius 3 is 2.60 bits per heavy atom. The van der Waals surface area contributed by atoms with E-state index in [1.165, 1.54) is 11.9 Å². The minimum absolute atomic E-state index is 0.198. The lowest BCUT2D eigenvalue weighted by Crippen LogP contribution is -2.29. The second kappa shape index (κ2) is 5.62. The summed E-state index contributed by atoms with van der Waals surface area (Å²) in [5.41, 5.74) is 4.72. The van der Waals surface area contributed by atoms with E-state index in [0.717, 1.165) is 11.3 Å². The standard InChI is InChI=1S/C13H14N4O3/c1-8-6-4-5-7-11(8)17-12(13(19)20-16-17)9(2)14-15-10(3)18/h4-7,16H,1-3H3/b12-9+,15-14?. The number of azo groups is 1. The molecule has 1 N–H and O–H groups in total. The number of allylic oxidation sites excluding steroid dienone is 1. The normalized spacial score (nSPS) is 17.6. The Bertz CT molecular complexity index is 622. The highest BCUT2D eigenvalue weighted by Gasteiger charge is 2.32. The summed E-state index contributed by atoms with van der Waals surface area (Å²) in [6.07, 6.45) is 0. The van der Waals surface area contributed by atoms with Crippen molar-refractivity contribution in [3.63, 3.8) is 0 Å². The first-order valence-corrected chi connectivity index (χ1v) is 5.96. The summed E-state index contributed by atoms with van der Waals surface area (Å²) in [6, 6.07) is 7.48. The van der Waals surface area contributed by atoms with Crippen LogP contribution in [0.25, 0.3) is 0 Å². The molecule has 0 spiro atoms. The van der Waals surface area contributed by atoms with Crippen molar-refractivity contribution in [2.75, 3.05) is 5.01 Å². The largest absolute Gasteiger partial charge is 0.378 e. The van der Waals surface area contributed by atoms with E-state index in [1.807, 2.05) is 31.2 Å². The van der Waals surface area contributed by atoms with Gasteiger partial charge < -0.3 is 4.84 Å². The highest BCUT2D eigenvalue weighted by molar-refractivity contribution is 5.95. The van der Waals surface area contributed by atoms with Crippen LogP contribution in [0, 0.1) is 6.92 Å². The molecule has 0 radical (unpaired) electrons. The lowest BCUT2D eigenvalue weighted by atomic mass is 10.2. The Morgan fingerprint density at radius 2 is 1.95 bits per heavy atom. The quantitative estimate of drug-likeness (QED) is 0.658. The molecule has 1 aromatic rings. The van der Waals surface area contributed by atoms with Gasteiger partial charge in [-0.2, -0.15) is 0 Å². The molecular formula is C13H14N4O3. The minimum Gasteiger partial charge on any atom is -0.345 e. The third-order valence-electron chi connectivity index (χ3n) is 2.69. The van der Waals surface area contributed by atoms with Crippen molar-refractivity contribution in [2.24, 2.45) is 10.2 Å². The predicted molar refractivity (Wildman–Crippen MR) is 71.1 cm³/mol. The molecule has 0 saturated carbocycles. The topological polar surface area (TPSA) is 83.4 Å². The van der Waals surface area contributed by atoms with E-state index in [4.69, 9.17) is 4.84 Å². The SMILES string of the molecule is CC(=O)N=N/C(C)=C1\C(=O)ONN1c1ccccc1C. The number of hydrogen-bond acceptors (Lipinski definition) is 6. The van der Waals surface area contributed by atoms with Gasteiger partial charge in [0.15, 0.2) is 5.70 Å². The van der Waals surface area contributed by atoms with E-state index >= 15 is 0 Å². The number of hydrazine groups is 1. The molecule has 1 aliphatic rings. The number of anilines is 1. The van der Waals surface area contributed by atoms with E-state index in [0.29, 0.717) is 5.70 Å². The van der Waals surface area contributed by atoms with Crippen LogP contribution in [0.15, 0.2) is 45.9 Å². The van der Waals surface area contributed by atoms with Crippen molar-refractivity contribution in [3.05, 3.63) is 41.2 Å². The monoisotopic (exact) mass is 274 g/mol. The molecule has 0 bridgehead atoms. The molecule has 1 heterocycles. The lowest BCUT2D eigenvalue weighted by molar-refractivity contribution is -0.140. The van der Waals surface area contributed by atoms with Gasteiger partial charge in [0.25, 0.3) is 5.91 Å². The molecule has 20 heavy (non-hydrogen) atoms. The number of nitrogens with one attached hydrogen (secondary N) is 1. The van der Waals surface area contributed by atoms with Crippen molar-refractivity contribution < 1.29 is 14.4 Å². The first kappa shape index (κ1) is 13.9. The van der Waals surface area contributed by atoms with Gasteiger partial charge >= 0.3 is 5.97 Å². The van der Waals surface area contributed by atoms with Crippen LogP contribution in [-0.2, 0) is 14.4 Å². The van der Waals surface area contributed by atoms with Gasteiger partial charge in [-0.05, 0) is 25.5 Å². The predicted octanol–water partition coefficient (Wildman–Crippen LogP) is 2.01. The Hall–Kier alpha value is -2.54. The van der Waals surface area contributed by atoms with Crippen molar-refractivity contribution in [1.29, 1.82) is 0 Å². The molecule has 1 saturated heterocycles. The van der Waals surface area contributed by atoms with Crippen LogP contribution >= 0.6 is 0 Å². The average Bonchev–Trinajstić information content (AvgIpc) is 2.78. The number of amides is 1. The van der Waals surface area contributed by atoms with Crippen molar-refractivity contribution in [2.45, 2.75) is 20.8 Å². The third kappa shape index (κ3) is 2.72. The zero-order chi connectivity index (χ0) is 14.7. The zero-order valence-electron chi connectivity index (χ0n) is 11.4. The molecule has 0 aliphatic carbocycles. The number of benzene rings is 1. The molecule has 0 unspecified atom stereocenters. The van der Waals surface area contributed by atoms with Gasteiger partial charge in [-0.3, -0.25) is 4.79 Å². The fraction of sp³-hybridized carbons (Fsp3) is 0.231. The lowest BCUT2D eigenvalue weighted by Gasteiger charge is -2.18. The molecule has 1 amide bonds. The highest BCUT2D eigenvalue weighted by atomic mass is 16.7. The first-order chi connectivity index (χ1) is 9.50. The molecule has 1 fully saturated rings. The summed E-state index contributed by atoms with van der Waals surface area (Å²) >= 11 is 0. The van der Waals surface area contributed by atoms with Gasteiger partial charge in [-0.1, -0.05) is 23.8 Å². The van der Waals surface area contributed by atoms with Crippen LogP contribution in [0.1, 0.15) is 19.4 Å². The van der Waals surface area contributed by atoms with Gasteiger partial charge in [-0.15, -0.1) is 10.2 Å². The number of para-hydroxylation sites is 1. The van der Waals surface area contributed by atoms with Crippen LogP contribution in [0.3, 0.4) is 0 Å². The molecule has 1 aliphatic heterocycles. The van der Waals surface area contributed by atoms with Gasteiger partial charge in [0.1, 0.15) is 0 Å². The minimum atomic E-state index is -0.576. The number of nitrogens with zero attached hydrogens (tertiary/aromatic N) is 3. The number of carbonyl (C=O) groups is 2. The molecule has 7 heteroatoms. The van der Waals surface area contributed by atoms with Crippen LogP contribution in [-0.4, -0.2) is 11.9 Å². The fourth-order valence-electron chi connectivity index (χ4n) is 1.76. The van der Waals surface area contributed by atoms with Crippen molar-refractivity contribution >= 4 is 17.6 Å². The Balaban J connectivity index is 2.44. The summed E-state index contributed by atoms with van der Waals surface area (Å²) < 4.78 is 0. The van der Waals surface area contributed by atoms with Crippen LogP contribution in [0.5, 0.6) is 0 Å². The van der Waals surface area contributed by atoms with E-state index in [-0.39, 0.29) is 5.70 Å². The summed E-state index contributed by atoms with van der Waals surface area (Å²) in [5.74, 6) is -1.01.